The highest BCUT2D eigenvalue weighted by Crippen LogP contribution is 2.32. The van der Waals surface area contributed by atoms with Crippen molar-refractivity contribution in [3.8, 4) is 11.3 Å². The highest BCUT2D eigenvalue weighted by molar-refractivity contribution is 8.00. The number of hydrogen-bond acceptors (Lipinski definition) is 6. The van der Waals surface area contributed by atoms with E-state index < -0.39 is 11.2 Å². The molecule has 0 saturated carbocycles. The summed E-state index contributed by atoms with van der Waals surface area (Å²) < 4.78 is 0. The van der Waals surface area contributed by atoms with E-state index >= 15 is 0 Å². The van der Waals surface area contributed by atoms with Gasteiger partial charge in [0.15, 0.2) is 5.13 Å². The molecule has 3 amide bonds. The van der Waals surface area contributed by atoms with Gasteiger partial charge in [-0.2, -0.15) is 0 Å². The van der Waals surface area contributed by atoms with E-state index in [4.69, 9.17) is 0 Å². The molecular weight excluding hydrogens is 613 g/mol. The Kier molecular flexibility index (Phi) is 10.5. The second-order valence-corrected chi connectivity index (χ2v) is 13.4. The summed E-state index contributed by atoms with van der Waals surface area (Å²) in [6, 6.07) is 31.8. The molecule has 1 unspecified atom stereocenters. The minimum absolute atomic E-state index is 0.104. The van der Waals surface area contributed by atoms with Gasteiger partial charge in [-0.1, -0.05) is 83.9 Å². The summed E-state index contributed by atoms with van der Waals surface area (Å²) in [6.07, 6.45) is 1.64. The Hall–Kier alpha value is -4.99. The Balaban J connectivity index is 1.26. The maximum absolute atomic E-state index is 13.5. The van der Waals surface area contributed by atoms with E-state index in [0.29, 0.717) is 16.4 Å². The topological polar surface area (TPSA) is 100 Å². The molecule has 1 heterocycles. The summed E-state index contributed by atoms with van der Waals surface area (Å²) in [4.78, 5) is 46.0. The van der Waals surface area contributed by atoms with Crippen LogP contribution in [-0.2, 0) is 9.59 Å². The van der Waals surface area contributed by atoms with Crippen LogP contribution in [-0.4, -0.2) is 28.0 Å². The fourth-order valence-corrected chi connectivity index (χ4v) is 6.28. The zero-order chi connectivity index (χ0) is 32.6. The van der Waals surface area contributed by atoms with Crippen LogP contribution in [0.2, 0.25) is 0 Å². The maximum atomic E-state index is 13.5. The van der Waals surface area contributed by atoms with Crippen molar-refractivity contribution in [1.29, 1.82) is 0 Å². The fourth-order valence-electron chi connectivity index (χ4n) is 4.51. The first-order valence-electron chi connectivity index (χ1n) is 14.7. The van der Waals surface area contributed by atoms with Gasteiger partial charge < -0.3 is 16.0 Å². The third-order valence-electron chi connectivity index (χ3n) is 7.04. The highest BCUT2D eigenvalue weighted by Gasteiger charge is 2.19. The lowest BCUT2D eigenvalue weighted by atomic mass is 10.1. The van der Waals surface area contributed by atoms with Crippen LogP contribution in [0.15, 0.2) is 114 Å². The Bertz CT molecular complexity index is 1880. The number of thiazole rings is 1. The average Bonchev–Trinajstić information content (AvgIpc) is 3.41. The minimum Gasteiger partial charge on any atom is -0.321 e. The van der Waals surface area contributed by atoms with Crippen molar-refractivity contribution in [2.75, 3.05) is 10.6 Å². The number of nitrogens with zero attached hydrogens (tertiary/aromatic N) is 1. The van der Waals surface area contributed by atoms with Gasteiger partial charge in [-0.15, -0.1) is 23.1 Å². The van der Waals surface area contributed by atoms with Crippen molar-refractivity contribution in [3.63, 3.8) is 0 Å². The normalized spacial score (nSPS) is 11.9. The van der Waals surface area contributed by atoms with Crippen LogP contribution in [0.25, 0.3) is 17.3 Å². The molecule has 0 fully saturated rings. The first-order chi connectivity index (χ1) is 22.1. The van der Waals surface area contributed by atoms with E-state index in [1.54, 1.807) is 42.5 Å². The van der Waals surface area contributed by atoms with Crippen LogP contribution in [0, 0.1) is 20.8 Å². The summed E-state index contributed by atoms with van der Waals surface area (Å²) in [7, 11) is 0. The van der Waals surface area contributed by atoms with Crippen LogP contribution in [0.5, 0.6) is 0 Å². The third kappa shape index (κ3) is 8.59. The Morgan fingerprint density at radius 2 is 1.48 bits per heavy atom. The van der Waals surface area contributed by atoms with E-state index in [2.05, 4.69) is 20.9 Å². The number of anilines is 2. The Labute approximate surface area is 277 Å². The maximum Gasteiger partial charge on any atom is 0.272 e. The van der Waals surface area contributed by atoms with Crippen molar-refractivity contribution in [2.45, 2.75) is 37.8 Å². The van der Waals surface area contributed by atoms with Gasteiger partial charge in [0.1, 0.15) is 5.70 Å². The molecule has 4 aromatic carbocycles. The predicted molar refractivity (Wildman–Crippen MR) is 189 cm³/mol. The number of carbonyl (C=O) groups excluding carboxylic acids is 3. The van der Waals surface area contributed by atoms with E-state index in [1.165, 1.54) is 28.7 Å². The summed E-state index contributed by atoms with van der Waals surface area (Å²) >= 11 is 2.82. The summed E-state index contributed by atoms with van der Waals surface area (Å²) in [5, 5.41) is 8.74. The lowest BCUT2D eigenvalue weighted by Gasteiger charge is -2.14. The fraction of sp³-hybridized carbons (Fsp3) is 0.135. The quantitative estimate of drug-likeness (QED) is 0.105. The molecule has 1 aromatic heterocycles. The number of aromatic nitrogens is 1. The van der Waals surface area contributed by atoms with Gasteiger partial charge in [0.05, 0.1) is 10.9 Å². The predicted octanol–water partition coefficient (Wildman–Crippen LogP) is 8.26. The van der Waals surface area contributed by atoms with Gasteiger partial charge in [0, 0.05) is 26.6 Å². The number of rotatable bonds is 10. The second-order valence-electron chi connectivity index (χ2n) is 10.8. The molecule has 0 aliphatic rings. The van der Waals surface area contributed by atoms with E-state index in [-0.39, 0.29) is 17.5 Å². The summed E-state index contributed by atoms with van der Waals surface area (Å²) in [5.41, 5.74) is 5.98. The van der Waals surface area contributed by atoms with E-state index in [9.17, 15) is 14.4 Å². The number of nitrogens with one attached hydrogen (secondary N) is 3. The van der Waals surface area contributed by atoms with Gasteiger partial charge >= 0.3 is 0 Å². The van der Waals surface area contributed by atoms with Crippen LogP contribution in [0.4, 0.5) is 10.8 Å². The van der Waals surface area contributed by atoms with E-state index in [0.717, 1.165) is 32.2 Å². The zero-order valence-corrected chi connectivity index (χ0v) is 27.6. The molecule has 46 heavy (non-hydrogen) atoms. The van der Waals surface area contributed by atoms with Crippen molar-refractivity contribution >= 4 is 57.7 Å². The molecule has 1 atom stereocenters. The molecule has 9 heteroatoms. The minimum atomic E-state index is -0.471. The molecule has 5 rings (SSSR count). The average molecular weight is 647 g/mol. The number of aryl methyl sites for hydroxylation is 3. The molecule has 0 spiro atoms. The van der Waals surface area contributed by atoms with Crippen LogP contribution in [0.3, 0.4) is 0 Å². The van der Waals surface area contributed by atoms with Gasteiger partial charge in [-0.25, -0.2) is 4.98 Å². The molecule has 0 aliphatic heterocycles. The van der Waals surface area contributed by atoms with E-state index in [1.807, 2.05) is 94.4 Å². The van der Waals surface area contributed by atoms with Crippen molar-refractivity contribution in [3.05, 3.63) is 136 Å². The SMILES string of the molecule is Cc1ccc(/C=C(\NC(=O)c2ccccc2)C(=O)Nc2cccc(SC(C)C(=O)Nc3nc(-c4ccc(C)cc4)c(C)s3)c2)cc1. The van der Waals surface area contributed by atoms with Gasteiger partial charge in [-0.05, 0) is 69.7 Å². The molecular formula is C37H34N4O3S2. The molecule has 0 aliphatic carbocycles. The van der Waals surface area contributed by atoms with Crippen LogP contribution >= 0.6 is 23.1 Å². The van der Waals surface area contributed by atoms with Gasteiger partial charge in [0.25, 0.3) is 11.8 Å². The number of carbonyl (C=O) groups is 3. The zero-order valence-electron chi connectivity index (χ0n) is 26.0. The van der Waals surface area contributed by atoms with Gasteiger partial charge in [-0.3, -0.25) is 14.4 Å². The number of benzene rings is 4. The van der Waals surface area contributed by atoms with Crippen molar-refractivity contribution in [2.24, 2.45) is 0 Å². The van der Waals surface area contributed by atoms with Crippen LogP contribution < -0.4 is 16.0 Å². The molecule has 232 valence electrons. The molecule has 3 N–H and O–H groups in total. The van der Waals surface area contributed by atoms with Gasteiger partial charge in [0.2, 0.25) is 5.91 Å². The third-order valence-corrected chi connectivity index (χ3v) is 9.02. The van der Waals surface area contributed by atoms with Crippen molar-refractivity contribution in [1.82, 2.24) is 10.3 Å². The number of amides is 3. The second kappa shape index (κ2) is 14.9. The summed E-state index contributed by atoms with van der Waals surface area (Å²) in [6.45, 7) is 7.85. The number of thioether (sulfide) groups is 1. The van der Waals surface area contributed by atoms with Crippen molar-refractivity contribution < 1.29 is 14.4 Å². The molecule has 0 bridgehead atoms. The molecule has 5 aromatic rings. The molecule has 0 radical (unpaired) electrons. The largest absolute Gasteiger partial charge is 0.321 e. The lowest BCUT2D eigenvalue weighted by Crippen LogP contribution is -2.30. The highest BCUT2D eigenvalue weighted by atomic mass is 32.2. The standard InChI is InChI=1S/C37H34N4O3S2/c1-23-13-17-27(18-14-23)21-32(39-35(43)29-9-6-5-7-10-29)36(44)38-30-11-8-12-31(22-30)45-26(4)34(42)41-37-40-33(25(3)46-37)28-19-15-24(2)16-20-28/h5-22,26H,1-4H3,(H,38,44)(H,39,43)(H,40,41,42)/b32-21-. The lowest BCUT2D eigenvalue weighted by molar-refractivity contribution is -0.115. The Morgan fingerprint density at radius 1 is 0.804 bits per heavy atom. The number of hydrogen-bond donors (Lipinski definition) is 3. The first kappa shape index (κ1) is 32.4. The molecule has 7 nitrogen and oxygen atoms in total. The Morgan fingerprint density at radius 3 is 2.17 bits per heavy atom. The molecule has 0 saturated heterocycles. The first-order valence-corrected chi connectivity index (χ1v) is 16.4. The van der Waals surface area contributed by atoms with Crippen LogP contribution in [0.1, 0.15) is 38.8 Å². The summed E-state index contributed by atoms with van der Waals surface area (Å²) in [5.74, 6) is -1.03. The monoisotopic (exact) mass is 646 g/mol. The smallest absolute Gasteiger partial charge is 0.272 e.